The third-order valence-corrected chi connectivity index (χ3v) is 4.40. The topological polar surface area (TPSA) is 54.9 Å². The highest BCUT2D eigenvalue weighted by Crippen LogP contribution is 2.09. The maximum atomic E-state index is 5.79. The molecule has 0 aliphatic rings. The van der Waals surface area contributed by atoms with Gasteiger partial charge in [-0.25, -0.2) is 4.99 Å². The van der Waals surface area contributed by atoms with Gasteiger partial charge in [0.25, 0.3) is 0 Å². The molecule has 5 nitrogen and oxygen atoms in total. The van der Waals surface area contributed by atoms with Gasteiger partial charge in [0.15, 0.2) is 5.96 Å². The normalized spacial score (nSPS) is 12.1. The number of rotatable bonds is 10. The third kappa shape index (κ3) is 8.11. The highest BCUT2D eigenvalue weighted by molar-refractivity contribution is 5.79. The fraction of sp³-hybridized carbons (Fsp3) is 0.435. The summed E-state index contributed by atoms with van der Waals surface area (Å²) < 4.78 is 11.2. The fourth-order valence-corrected chi connectivity index (χ4v) is 2.48. The number of hydrogen-bond acceptors (Lipinski definition) is 3. The molecule has 0 aliphatic heterocycles. The van der Waals surface area contributed by atoms with E-state index in [1.54, 1.807) is 7.11 Å². The van der Waals surface area contributed by atoms with Crippen molar-refractivity contribution >= 4 is 5.96 Å². The van der Waals surface area contributed by atoms with Crippen molar-refractivity contribution in [3.05, 3.63) is 71.3 Å². The average molecular weight is 384 g/mol. The summed E-state index contributed by atoms with van der Waals surface area (Å²) in [7, 11) is 1.72. The molecule has 152 valence electrons. The quantitative estimate of drug-likeness (QED) is 0.483. The van der Waals surface area contributed by atoms with E-state index in [2.05, 4.69) is 58.9 Å². The summed E-state index contributed by atoms with van der Waals surface area (Å²) in [6.07, 6.45) is 0. The fourth-order valence-electron chi connectivity index (χ4n) is 2.48. The van der Waals surface area contributed by atoms with Gasteiger partial charge in [0.2, 0.25) is 0 Å². The third-order valence-electron chi connectivity index (χ3n) is 4.40. The zero-order chi connectivity index (χ0) is 20.2. The molecule has 0 saturated heterocycles. The monoisotopic (exact) mass is 383 g/mol. The molecule has 0 atom stereocenters. The maximum absolute atomic E-state index is 5.79. The van der Waals surface area contributed by atoms with Crippen LogP contribution < -0.4 is 10.6 Å². The standard InChI is InChI=1S/C23H33N3O2/c1-5-24-22(26-18-23(2,3)27-4)25-15-19-11-13-21(14-12-19)17-28-16-20-9-7-6-8-10-20/h6-14H,5,15-18H2,1-4H3,(H2,24,25,26). The molecular weight excluding hydrogens is 350 g/mol. The van der Waals surface area contributed by atoms with E-state index in [1.165, 1.54) is 5.56 Å². The van der Waals surface area contributed by atoms with E-state index in [0.717, 1.165) is 23.6 Å². The summed E-state index contributed by atoms with van der Waals surface area (Å²) in [6, 6.07) is 18.6. The minimum atomic E-state index is -0.239. The predicted octanol–water partition coefficient (Wildman–Crippen LogP) is 3.88. The van der Waals surface area contributed by atoms with E-state index in [-0.39, 0.29) is 5.60 Å². The van der Waals surface area contributed by atoms with E-state index in [4.69, 9.17) is 9.47 Å². The lowest BCUT2D eigenvalue weighted by Gasteiger charge is -2.24. The molecule has 0 radical (unpaired) electrons. The van der Waals surface area contributed by atoms with Crippen molar-refractivity contribution in [1.82, 2.24) is 10.6 Å². The zero-order valence-electron chi connectivity index (χ0n) is 17.5. The first-order chi connectivity index (χ1) is 13.5. The predicted molar refractivity (Wildman–Crippen MR) is 115 cm³/mol. The zero-order valence-corrected chi connectivity index (χ0v) is 17.5. The molecule has 0 unspecified atom stereocenters. The summed E-state index contributed by atoms with van der Waals surface area (Å²) >= 11 is 0. The molecule has 2 aromatic carbocycles. The van der Waals surface area contributed by atoms with Crippen LogP contribution in [0, 0.1) is 0 Å². The number of ether oxygens (including phenoxy) is 2. The number of nitrogens with zero attached hydrogens (tertiary/aromatic N) is 1. The van der Waals surface area contributed by atoms with Crippen molar-refractivity contribution in [3.63, 3.8) is 0 Å². The molecule has 0 spiro atoms. The van der Waals surface area contributed by atoms with Crippen molar-refractivity contribution in [2.24, 2.45) is 4.99 Å². The van der Waals surface area contributed by atoms with Crippen molar-refractivity contribution in [2.45, 2.75) is 46.1 Å². The molecule has 5 heteroatoms. The van der Waals surface area contributed by atoms with Gasteiger partial charge < -0.3 is 20.1 Å². The van der Waals surface area contributed by atoms with Gasteiger partial charge in [-0.05, 0) is 37.5 Å². The van der Waals surface area contributed by atoms with Gasteiger partial charge >= 0.3 is 0 Å². The van der Waals surface area contributed by atoms with Crippen molar-refractivity contribution in [3.8, 4) is 0 Å². The largest absolute Gasteiger partial charge is 0.377 e. The van der Waals surface area contributed by atoms with Crippen LogP contribution in [0.15, 0.2) is 59.6 Å². The van der Waals surface area contributed by atoms with Gasteiger partial charge in [0.1, 0.15) is 0 Å². The van der Waals surface area contributed by atoms with Crippen LogP contribution in [-0.2, 0) is 29.2 Å². The van der Waals surface area contributed by atoms with Crippen LogP contribution >= 0.6 is 0 Å². The molecule has 0 fully saturated rings. The number of guanidine groups is 1. The summed E-state index contributed by atoms with van der Waals surface area (Å²) in [5, 5.41) is 6.60. The van der Waals surface area contributed by atoms with E-state index < -0.39 is 0 Å². The van der Waals surface area contributed by atoms with Crippen LogP contribution in [0.1, 0.15) is 37.5 Å². The average Bonchev–Trinajstić information content (AvgIpc) is 2.72. The molecule has 0 bridgehead atoms. The van der Waals surface area contributed by atoms with Gasteiger partial charge in [-0.1, -0.05) is 54.6 Å². The molecular formula is C23H33N3O2. The maximum Gasteiger partial charge on any atom is 0.191 e. The minimum Gasteiger partial charge on any atom is -0.377 e. The van der Waals surface area contributed by atoms with Crippen LogP contribution in [0.3, 0.4) is 0 Å². The Morgan fingerprint density at radius 1 is 0.893 bits per heavy atom. The van der Waals surface area contributed by atoms with Crippen LogP contribution in [-0.4, -0.2) is 31.8 Å². The minimum absolute atomic E-state index is 0.239. The molecule has 2 aromatic rings. The first-order valence-corrected chi connectivity index (χ1v) is 9.79. The molecule has 28 heavy (non-hydrogen) atoms. The molecule has 2 N–H and O–H groups in total. The molecule has 2 rings (SSSR count). The molecule has 0 aliphatic carbocycles. The van der Waals surface area contributed by atoms with Gasteiger partial charge in [0.05, 0.1) is 25.4 Å². The number of nitrogens with one attached hydrogen (secondary N) is 2. The van der Waals surface area contributed by atoms with E-state index in [0.29, 0.717) is 26.3 Å². The summed E-state index contributed by atoms with van der Waals surface area (Å²) in [5.41, 5.74) is 3.27. The lowest BCUT2D eigenvalue weighted by atomic mass is 10.1. The Balaban J connectivity index is 1.83. The second-order valence-electron chi connectivity index (χ2n) is 7.31. The Morgan fingerprint density at radius 3 is 2.11 bits per heavy atom. The Kier molecular flexibility index (Phi) is 8.98. The Hall–Kier alpha value is -2.37. The number of methoxy groups -OCH3 is 1. The Bertz CT molecular complexity index is 712. The SMILES string of the molecule is CCNC(=NCc1ccc(COCc2ccccc2)cc1)NCC(C)(C)OC. The highest BCUT2D eigenvalue weighted by Gasteiger charge is 2.16. The van der Waals surface area contributed by atoms with Gasteiger partial charge in [0, 0.05) is 20.2 Å². The molecule has 0 saturated carbocycles. The summed E-state index contributed by atoms with van der Waals surface area (Å²) in [6.45, 7) is 9.50. The molecule has 0 aromatic heterocycles. The van der Waals surface area contributed by atoms with Crippen LogP contribution in [0.5, 0.6) is 0 Å². The van der Waals surface area contributed by atoms with Crippen molar-refractivity contribution in [1.29, 1.82) is 0 Å². The molecule has 0 amide bonds. The first-order valence-electron chi connectivity index (χ1n) is 9.79. The number of benzene rings is 2. The van der Waals surface area contributed by atoms with E-state index >= 15 is 0 Å². The van der Waals surface area contributed by atoms with E-state index in [9.17, 15) is 0 Å². The lowest BCUT2D eigenvalue weighted by molar-refractivity contribution is 0.0268. The number of hydrogen-bond donors (Lipinski definition) is 2. The Morgan fingerprint density at radius 2 is 1.50 bits per heavy atom. The van der Waals surface area contributed by atoms with Crippen molar-refractivity contribution in [2.75, 3.05) is 20.2 Å². The van der Waals surface area contributed by atoms with Crippen LogP contribution in [0.4, 0.5) is 0 Å². The van der Waals surface area contributed by atoms with Gasteiger partial charge in [-0.15, -0.1) is 0 Å². The second-order valence-corrected chi connectivity index (χ2v) is 7.31. The Labute approximate surface area is 169 Å². The number of aliphatic imine (C=N–C) groups is 1. The lowest BCUT2D eigenvalue weighted by Crippen LogP contribution is -2.45. The van der Waals surface area contributed by atoms with Gasteiger partial charge in [-0.3, -0.25) is 0 Å². The first kappa shape index (κ1) is 21.9. The van der Waals surface area contributed by atoms with Crippen LogP contribution in [0.25, 0.3) is 0 Å². The second kappa shape index (κ2) is 11.5. The van der Waals surface area contributed by atoms with E-state index in [1.807, 2.05) is 32.0 Å². The highest BCUT2D eigenvalue weighted by atomic mass is 16.5. The summed E-state index contributed by atoms with van der Waals surface area (Å²) in [5.74, 6) is 0.794. The molecule has 0 heterocycles. The van der Waals surface area contributed by atoms with Gasteiger partial charge in [-0.2, -0.15) is 0 Å². The van der Waals surface area contributed by atoms with Crippen molar-refractivity contribution < 1.29 is 9.47 Å². The van der Waals surface area contributed by atoms with Crippen LogP contribution in [0.2, 0.25) is 0 Å². The summed E-state index contributed by atoms with van der Waals surface area (Å²) in [4.78, 5) is 4.66. The smallest absolute Gasteiger partial charge is 0.191 e.